The normalized spacial score (nSPS) is 15.2. The van der Waals surface area contributed by atoms with Crippen LogP contribution in [0.1, 0.15) is 12.8 Å². The van der Waals surface area contributed by atoms with Gasteiger partial charge in [-0.25, -0.2) is 8.42 Å². The number of carbonyl (C=O) groups is 1. The van der Waals surface area contributed by atoms with E-state index >= 15 is 0 Å². The molecule has 0 bridgehead atoms. The van der Waals surface area contributed by atoms with Gasteiger partial charge in [0.15, 0.2) is 0 Å². The number of sulfonamides is 1. The van der Waals surface area contributed by atoms with E-state index < -0.39 is 10.0 Å². The van der Waals surface area contributed by atoms with E-state index in [4.69, 9.17) is 4.74 Å². The number of methoxy groups -OCH3 is 1. The first kappa shape index (κ1) is 23.4. The van der Waals surface area contributed by atoms with Crippen LogP contribution in [0.3, 0.4) is 0 Å². The number of hydrogen-bond donors (Lipinski definition) is 1. The molecule has 8 heteroatoms. The summed E-state index contributed by atoms with van der Waals surface area (Å²) >= 11 is 1.60. The van der Waals surface area contributed by atoms with Gasteiger partial charge < -0.3 is 10.1 Å². The van der Waals surface area contributed by atoms with Crippen LogP contribution in [0.25, 0.3) is 0 Å². The molecule has 0 unspecified atom stereocenters. The van der Waals surface area contributed by atoms with Crippen molar-refractivity contribution in [3.8, 4) is 5.75 Å². The maximum absolute atomic E-state index is 13.0. The van der Waals surface area contributed by atoms with Gasteiger partial charge in [-0.05, 0) is 61.4 Å². The van der Waals surface area contributed by atoms with Crippen molar-refractivity contribution in [2.24, 2.45) is 5.92 Å². The number of nitrogens with zero attached hydrogens (tertiary/aromatic N) is 1. The Kier molecular flexibility index (Phi) is 7.37. The average molecular weight is 483 g/mol. The summed E-state index contributed by atoms with van der Waals surface area (Å²) in [6.45, 7) is 0.625. The number of carbonyl (C=O) groups excluding carboxylic acids is 1. The van der Waals surface area contributed by atoms with E-state index in [0.717, 1.165) is 15.5 Å². The van der Waals surface area contributed by atoms with Crippen molar-refractivity contribution >= 4 is 33.4 Å². The molecule has 0 aromatic heterocycles. The SMILES string of the molecule is COc1ccc(S(=O)(=O)N2CCC(C(=O)Nc3ccccc3Sc3ccccc3)CC2)cc1. The van der Waals surface area contributed by atoms with Crippen LogP contribution in [-0.2, 0) is 14.8 Å². The molecule has 1 amide bonds. The van der Waals surface area contributed by atoms with E-state index in [1.54, 1.807) is 36.0 Å². The van der Waals surface area contributed by atoms with Crippen LogP contribution in [0.5, 0.6) is 5.75 Å². The molecule has 0 saturated carbocycles. The zero-order chi connectivity index (χ0) is 23.3. The number of anilines is 1. The quantitative estimate of drug-likeness (QED) is 0.519. The predicted molar refractivity (Wildman–Crippen MR) is 130 cm³/mol. The molecule has 1 fully saturated rings. The van der Waals surface area contributed by atoms with E-state index in [1.165, 1.54) is 11.4 Å². The van der Waals surface area contributed by atoms with Gasteiger partial charge >= 0.3 is 0 Å². The van der Waals surface area contributed by atoms with Crippen molar-refractivity contribution < 1.29 is 17.9 Å². The lowest BCUT2D eigenvalue weighted by Gasteiger charge is -2.30. The highest BCUT2D eigenvalue weighted by atomic mass is 32.2. The summed E-state index contributed by atoms with van der Waals surface area (Å²) in [4.78, 5) is 15.3. The Morgan fingerprint density at radius 2 is 1.58 bits per heavy atom. The lowest BCUT2D eigenvalue weighted by atomic mass is 9.97. The molecule has 1 saturated heterocycles. The molecular formula is C25H26N2O4S2. The van der Waals surface area contributed by atoms with E-state index in [-0.39, 0.29) is 16.7 Å². The van der Waals surface area contributed by atoms with Crippen LogP contribution < -0.4 is 10.1 Å². The lowest BCUT2D eigenvalue weighted by molar-refractivity contribution is -0.120. The minimum Gasteiger partial charge on any atom is -0.497 e. The number of ether oxygens (including phenoxy) is 1. The Balaban J connectivity index is 1.38. The maximum atomic E-state index is 13.0. The second-order valence-electron chi connectivity index (χ2n) is 7.75. The molecule has 4 rings (SSSR count). The second-order valence-corrected chi connectivity index (χ2v) is 10.8. The zero-order valence-electron chi connectivity index (χ0n) is 18.3. The Hall–Kier alpha value is -2.81. The molecule has 1 N–H and O–H groups in total. The Morgan fingerprint density at radius 1 is 0.939 bits per heavy atom. The summed E-state index contributed by atoms with van der Waals surface area (Å²) in [7, 11) is -2.05. The molecule has 6 nitrogen and oxygen atoms in total. The van der Waals surface area contributed by atoms with E-state index in [1.807, 2.05) is 54.6 Å². The number of rotatable bonds is 7. The Labute approximate surface area is 199 Å². The molecule has 3 aromatic rings. The summed E-state index contributed by atoms with van der Waals surface area (Å²) in [5.74, 6) is 0.301. The number of hydrogen-bond acceptors (Lipinski definition) is 5. The highest BCUT2D eigenvalue weighted by Crippen LogP contribution is 2.34. The molecule has 0 radical (unpaired) electrons. The fourth-order valence-corrected chi connectivity index (χ4v) is 6.16. The highest BCUT2D eigenvalue weighted by Gasteiger charge is 2.32. The van der Waals surface area contributed by atoms with Crippen molar-refractivity contribution in [2.75, 3.05) is 25.5 Å². The van der Waals surface area contributed by atoms with Crippen molar-refractivity contribution in [1.82, 2.24) is 4.31 Å². The number of nitrogens with one attached hydrogen (secondary N) is 1. The molecule has 0 spiro atoms. The monoisotopic (exact) mass is 482 g/mol. The van der Waals surface area contributed by atoms with Gasteiger partial charge in [0.1, 0.15) is 5.75 Å². The van der Waals surface area contributed by atoms with Gasteiger partial charge in [-0.3, -0.25) is 4.79 Å². The van der Waals surface area contributed by atoms with Gasteiger partial charge in [-0.1, -0.05) is 42.1 Å². The van der Waals surface area contributed by atoms with Crippen LogP contribution in [0.15, 0.2) is 93.5 Å². The van der Waals surface area contributed by atoms with Crippen LogP contribution in [-0.4, -0.2) is 38.8 Å². The molecule has 172 valence electrons. The number of para-hydroxylation sites is 1. The molecule has 33 heavy (non-hydrogen) atoms. The van der Waals surface area contributed by atoms with Gasteiger partial charge in [0.05, 0.1) is 17.7 Å². The molecule has 0 atom stereocenters. The largest absolute Gasteiger partial charge is 0.497 e. The molecule has 1 aliphatic heterocycles. The Morgan fingerprint density at radius 3 is 2.24 bits per heavy atom. The fourth-order valence-electron chi connectivity index (χ4n) is 3.76. The smallest absolute Gasteiger partial charge is 0.243 e. The van der Waals surface area contributed by atoms with Crippen LogP contribution >= 0.6 is 11.8 Å². The summed E-state index contributed by atoms with van der Waals surface area (Å²) in [5.41, 5.74) is 0.768. The third-order valence-electron chi connectivity index (χ3n) is 5.64. The van der Waals surface area contributed by atoms with Crippen molar-refractivity contribution in [3.05, 3.63) is 78.9 Å². The zero-order valence-corrected chi connectivity index (χ0v) is 19.9. The fraction of sp³-hybridized carbons (Fsp3) is 0.240. The minimum atomic E-state index is -3.59. The minimum absolute atomic E-state index is 0.0717. The second kappa shape index (κ2) is 10.4. The highest BCUT2D eigenvalue weighted by molar-refractivity contribution is 7.99. The molecule has 3 aromatic carbocycles. The summed E-state index contributed by atoms with van der Waals surface area (Å²) in [6, 6.07) is 24.1. The molecule has 0 aliphatic carbocycles. The predicted octanol–water partition coefficient (Wildman–Crippen LogP) is 4.89. The van der Waals surface area contributed by atoms with Gasteiger partial charge in [0.2, 0.25) is 15.9 Å². The van der Waals surface area contributed by atoms with Crippen LogP contribution in [0.4, 0.5) is 5.69 Å². The van der Waals surface area contributed by atoms with Crippen LogP contribution in [0, 0.1) is 5.92 Å². The van der Waals surface area contributed by atoms with E-state index in [0.29, 0.717) is 31.7 Å². The third-order valence-corrected chi connectivity index (χ3v) is 8.63. The summed E-state index contributed by atoms with van der Waals surface area (Å²) in [5, 5.41) is 3.06. The number of amides is 1. The van der Waals surface area contributed by atoms with Crippen LogP contribution in [0.2, 0.25) is 0 Å². The van der Waals surface area contributed by atoms with Gasteiger partial charge in [-0.2, -0.15) is 4.31 Å². The average Bonchev–Trinajstić information content (AvgIpc) is 2.86. The standard InChI is InChI=1S/C25H26N2O4S2/c1-31-20-11-13-22(14-12-20)33(29,30)27-17-15-19(16-18-27)25(28)26-23-9-5-6-10-24(23)32-21-7-3-2-4-8-21/h2-14,19H,15-18H2,1H3,(H,26,28). The first-order valence-corrected chi connectivity index (χ1v) is 13.0. The first-order valence-electron chi connectivity index (χ1n) is 10.7. The topological polar surface area (TPSA) is 75.7 Å². The number of benzene rings is 3. The summed E-state index contributed by atoms with van der Waals surface area (Å²) in [6.07, 6.45) is 0.963. The van der Waals surface area contributed by atoms with E-state index in [9.17, 15) is 13.2 Å². The third kappa shape index (κ3) is 5.58. The van der Waals surface area contributed by atoms with Crippen molar-refractivity contribution in [3.63, 3.8) is 0 Å². The van der Waals surface area contributed by atoms with Crippen molar-refractivity contribution in [2.45, 2.75) is 27.5 Å². The van der Waals surface area contributed by atoms with Gasteiger partial charge in [0, 0.05) is 28.8 Å². The molecular weight excluding hydrogens is 456 g/mol. The summed E-state index contributed by atoms with van der Waals surface area (Å²) < 4.78 is 32.5. The van der Waals surface area contributed by atoms with Gasteiger partial charge in [-0.15, -0.1) is 0 Å². The van der Waals surface area contributed by atoms with E-state index in [2.05, 4.69) is 5.32 Å². The lowest BCUT2D eigenvalue weighted by Crippen LogP contribution is -2.41. The molecule has 1 heterocycles. The molecule has 1 aliphatic rings. The van der Waals surface area contributed by atoms with Gasteiger partial charge in [0.25, 0.3) is 0 Å². The Bertz CT molecular complexity index is 1190. The number of piperidine rings is 1. The maximum Gasteiger partial charge on any atom is 0.243 e. The van der Waals surface area contributed by atoms with Crippen molar-refractivity contribution in [1.29, 1.82) is 0 Å². The first-order chi connectivity index (χ1) is 16.0.